The molecule has 0 bridgehead atoms. The van der Waals surface area contributed by atoms with Gasteiger partial charge in [-0.25, -0.2) is 4.98 Å². The van der Waals surface area contributed by atoms with Crippen LogP contribution in [0.3, 0.4) is 0 Å². The Bertz CT molecular complexity index is 991. The summed E-state index contributed by atoms with van der Waals surface area (Å²) in [5.41, 5.74) is 2.06. The molecule has 0 unspecified atom stereocenters. The first-order valence-corrected chi connectivity index (χ1v) is 12.5. The van der Waals surface area contributed by atoms with E-state index in [1.165, 1.54) is 10.5 Å². The van der Waals surface area contributed by atoms with Crippen molar-refractivity contribution in [2.24, 2.45) is 0 Å². The summed E-state index contributed by atoms with van der Waals surface area (Å²) >= 11 is 3.27. The molecule has 1 amide bonds. The van der Waals surface area contributed by atoms with Gasteiger partial charge < -0.3 is 9.64 Å². The fourth-order valence-corrected chi connectivity index (χ4v) is 5.19. The Hall–Kier alpha value is -1.80. The van der Waals surface area contributed by atoms with Gasteiger partial charge in [-0.15, -0.1) is 24.2 Å². The number of hydrogen-bond donors (Lipinski definition) is 0. The standard InChI is InChI=1S/C24H31N3O2S2.ClH/c1-5-26(6-2)15-16-27(22(28)14-17-30-19-12-10-18(3)11-13-19)24-25-23-20(29-4)8-7-9-21(23)31-24;/h7-13H,5-6,14-17H2,1-4H3;1H. The molecule has 0 aliphatic rings. The average molecular weight is 494 g/mol. The number of thiazole rings is 1. The molecule has 0 aliphatic heterocycles. The highest BCUT2D eigenvalue weighted by Crippen LogP contribution is 2.34. The normalized spacial score (nSPS) is 10.9. The second-order valence-corrected chi connectivity index (χ2v) is 9.46. The lowest BCUT2D eigenvalue weighted by molar-refractivity contribution is -0.118. The minimum atomic E-state index is 0. The maximum Gasteiger partial charge on any atom is 0.229 e. The summed E-state index contributed by atoms with van der Waals surface area (Å²) in [5, 5.41) is 0.747. The zero-order valence-electron chi connectivity index (χ0n) is 19.2. The van der Waals surface area contributed by atoms with Crippen LogP contribution in [-0.2, 0) is 4.79 Å². The Kier molecular flexibility index (Phi) is 10.8. The zero-order valence-corrected chi connectivity index (χ0v) is 21.6. The van der Waals surface area contributed by atoms with Crippen LogP contribution in [0.4, 0.5) is 5.13 Å². The molecule has 0 saturated carbocycles. The van der Waals surface area contributed by atoms with Gasteiger partial charge in [0.25, 0.3) is 0 Å². The van der Waals surface area contributed by atoms with Crippen LogP contribution in [0.5, 0.6) is 5.75 Å². The molecule has 174 valence electrons. The fraction of sp³-hybridized carbons (Fsp3) is 0.417. The molecule has 32 heavy (non-hydrogen) atoms. The topological polar surface area (TPSA) is 45.7 Å². The number of rotatable bonds is 11. The molecule has 1 aromatic heterocycles. The summed E-state index contributed by atoms with van der Waals surface area (Å²) in [6.07, 6.45) is 0.476. The third-order valence-electron chi connectivity index (χ3n) is 5.26. The Morgan fingerprint density at radius 1 is 1.09 bits per heavy atom. The zero-order chi connectivity index (χ0) is 22.2. The summed E-state index contributed by atoms with van der Waals surface area (Å²) in [4.78, 5) is 23.4. The number of fused-ring (bicyclic) bond motifs is 1. The number of anilines is 1. The highest BCUT2D eigenvalue weighted by molar-refractivity contribution is 7.99. The monoisotopic (exact) mass is 493 g/mol. The number of para-hydroxylation sites is 1. The molecule has 8 heteroatoms. The highest BCUT2D eigenvalue weighted by Gasteiger charge is 2.21. The van der Waals surface area contributed by atoms with Gasteiger partial charge >= 0.3 is 0 Å². The van der Waals surface area contributed by atoms with Crippen molar-refractivity contribution in [2.45, 2.75) is 32.1 Å². The Morgan fingerprint density at radius 2 is 1.81 bits per heavy atom. The van der Waals surface area contributed by atoms with Gasteiger partial charge in [-0.3, -0.25) is 9.69 Å². The lowest BCUT2D eigenvalue weighted by Gasteiger charge is -2.24. The van der Waals surface area contributed by atoms with Gasteiger partial charge in [0.1, 0.15) is 11.3 Å². The van der Waals surface area contributed by atoms with Crippen LogP contribution in [0.2, 0.25) is 0 Å². The van der Waals surface area contributed by atoms with Crippen LogP contribution in [0.25, 0.3) is 10.2 Å². The predicted octanol–water partition coefficient (Wildman–Crippen LogP) is 5.89. The van der Waals surface area contributed by atoms with E-state index in [4.69, 9.17) is 9.72 Å². The Balaban J connectivity index is 0.00000363. The minimum absolute atomic E-state index is 0. The van der Waals surface area contributed by atoms with Crippen LogP contribution < -0.4 is 9.64 Å². The quantitative estimate of drug-likeness (QED) is 0.311. The first-order chi connectivity index (χ1) is 15.0. The summed E-state index contributed by atoms with van der Waals surface area (Å²) in [6.45, 7) is 9.78. The maximum atomic E-state index is 13.2. The van der Waals surface area contributed by atoms with E-state index in [0.717, 1.165) is 46.5 Å². The van der Waals surface area contributed by atoms with Crippen molar-refractivity contribution in [1.29, 1.82) is 0 Å². The van der Waals surface area contributed by atoms with Crippen molar-refractivity contribution in [2.75, 3.05) is 43.9 Å². The van der Waals surface area contributed by atoms with Crippen molar-refractivity contribution < 1.29 is 9.53 Å². The molecule has 1 heterocycles. The smallest absolute Gasteiger partial charge is 0.229 e. The first-order valence-electron chi connectivity index (χ1n) is 10.7. The number of likely N-dealkylation sites (N-methyl/N-ethyl adjacent to an activating group) is 1. The van der Waals surface area contributed by atoms with Crippen molar-refractivity contribution in [3.63, 3.8) is 0 Å². The molecule has 3 aromatic rings. The van der Waals surface area contributed by atoms with Crippen molar-refractivity contribution in [3.05, 3.63) is 48.0 Å². The highest BCUT2D eigenvalue weighted by atomic mass is 35.5. The lowest BCUT2D eigenvalue weighted by atomic mass is 10.2. The lowest BCUT2D eigenvalue weighted by Crippen LogP contribution is -2.39. The van der Waals surface area contributed by atoms with Crippen molar-refractivity contribution >= 4 is 56.8 Å². The van der Waals surface area contributed by atoms with E-state index >= 15 is 0 Å². The molecule has 0 spiro atoms. The summed E-state index contributed by atoms with van der Waals surface area (Å²) < 4.78 is 6.50. The Labute approximate surface area is 205 Å². The molecular formula is C24H32ClN3O2S2. The van der Waals surface area contributed by atoms with Crippen LogP contribution in [-0.4, -0.2) is 54.8 Å². The molecule has 5 nitrogen and oxygen atoms in total. The van der Waals surface area contributed by atoms with E-state index < -0.39 is 0 Å². The SMILES string of the molecule is CCN(CC)CCN(C(=O)CCSc1ccc(C)cc1)c1nc2c(OC)cccc2s1.Cl. The summed E-state index contributed by atoms with van der Waals surface area (Å²) in [6, 6.07) is 14.3. The van der Waals surface area contributed by atoms with Crippen LogP contribution in [0.1, 0.15) is 25.8 Å². The number of methoxy groups -OCH3 is 1. The van der Waals surface area contributed by atoms with E-state index in [1.807, 2.05) is 23.1 Å². The van der Waals surface area contributed by atoms with Crippen LogP contribution in [0.15, 0.2) is 47.4 Å². The molecule has 0 aliphatic carbocycles. The molecule has 0 atom stereocenters. The molecule has 0 N–H and O–H groups in total. The van der Waals surface area contributed by atoms with Gasteiger partial charge in [-0.05, 0) is 44.3 Å². The number of thioether (sulfide) groups is 1. The molecule has 0 radical (unpaired) electrons. The second-order valence-electron chi connectivity index (χ2n) is 7.29. The van der Waals surface area contributed by atoms with Gasteiger partial charge in [0.2, 0.25) is 5.91 Å². The number of benzene rings is 2. The molecule has 3 rings (SSSR count). The van der Waals surface area contributed by atoms with E-state index in [0.29, 0.717) is 13.0 Å². The molecule has 2 aromatic carbocycles. The largest absolute Gasteiger partial charge is 0.494 e. The second kappa shape index (κ2) is 13.0. The van der Waals surface area contributed by atoms with E-state index in [1.54, 1.807) is 30.2 Å². The summed E-state index contributed by atoms with van der Waals surface area (Å²) in [5.74, 6) is 1.61. The number of halogens is 1. The Morgan fingerprint density at radius 3 is 2.47 bits per heavy atom. The number of amides is 1. The number of hydrogen-bond acceptors (Lipinski definition) is 6. The number of carbonyl (C=O) groups is 1. The van der Waals surface area contributed by atoms with Gasteiger partial charge in [0.05, 0.1) is 11.8 Å². The van der Waals surface area contributed by atoms with Gasteiger partial charge in [0, 0.05) is 30.2 Å². The molecule has 0 saturated heterocycles. The van der Waals surface area contributed by atoms with Crippen LogP contribution >= 0.6 is 35.5 Å². The van der Waals surface area contributed by atoms with Crippen molar-refractivity contribution in [3.8, 4) is 5.75 Å². The number of carbonyl (C=O) groups excluding carboxylic acids is 1. The fourth-order valence-electron chi connectivity index (χ4n) is 3.33. The number of nitrogens with zero attached hydrogens (tertiary/aromatic N) is 3. The predicted molar refractivity (Wildman–Crippen MR) is 140 cm³/mol. The molecule has 0 fully saturated rings. The van der Waals surface area contributed by atoms with Crippen LogP contribution in [0, 0.1) is 6.92 Å². The van der Waals surface area contributed by atoms with E-state index in [-0.39, 0.29) is 18.3 Å². The maximum absolute atomic E-state index is 13.2. The summed E-state index contributed by atoms with van der Waals surface area (Å²) in [7, 11) is 1.65. The number of ether oxygens (including phenoxy) is 1. The first kappa shape index (κ1) is 26.5. The number of aromatic nitrogens is 1. The minimum Gasteiger partial charge on any atom is -0.494 e. The third-order valence-corrected chi connectivity index (χ3v) is 7.32. The van der Waals surface area contributed by atoms with E-state index in [2.05, 4.69) is 49.9 Å². The number of aryl methyl sites for hydroxylation is 1. The molecular weight excluding hydrogens is 462 g/mol. The third kappa shape index (κ3) is 6.85. The van der Waals surface area contributed by atoms with Gasteiger partial charge in [-0.1, -0.05) is 48.9 Å². The average Bonchev–Trinajstić information content (AvgIpc) is 3.22. The van der Waals surface area contributed by atoms with Gasteiger partial charge in [-0.2, -0.15) is 0 Å². The van der Waals surface area contributed by atoms with Gasteiger partial charge in [0.15, 0.2) is 5.13 Å². The van der Waals surface area contributed by atoms with E-state index in [9.17, 15) is 4.79 Å². The van der Waals surface area contributed by atoms with Crippen molar-refractivity contribution in [1.82, 2.24) is 9.88 Å².